The number of anilines is 1. The summed E-state index contributed by atoms with van der Waals surface area (Å²) in [6.45, 7) is 4.49. The number of halogens is 3. The first-order valence-electron chi connectivity index (χ1n) is 18.3. The lowest BCUT2D eigenvalue weighted by molar-refractivity contribution is -0.137. The summed E-state index contributed by atoms with van der Waals surface area (Å²) in [7, 11) is 0. The third-order valence-corrected chi connectivity index (χ3v) is 12.3. The summed E-state index contributed by atoms with van der Waals surface area (Å²) < 4.78 is 41.3. The second-order valence-electron chi connectivity index (χ2n) is 14.9. The number of nitrogens with one attached hydrogen (secondary N) is 1. The van der Waals surface area contributed by atoms with E-state index in [1.54, 1.807) is 22.3 Å². The molecule has 1 saturated carbocycles. The van der Waals surface area contributed by atoms with Crippen LogP contribution in [0.2, 0.25) is 0 Å². The zero-order valence-electron chi connectivity index (χ0n) is 30.2. The number of aliphatic hydroxyl groups is 2. The number of allylic oxidation sites excluding steroid dienone is 2. The summed E-state index contributed by atoms with van der Waals surface area (Å²) in [6.07, 6.45) is 0.967. The number of rotatable bonds is 8. The molecule has 0 saturated heterocycles. The topological polar surface area (TPSA) is 89.9 Å². The van der Waals surface area contributed by atoms with Crippen molar-refractivity contribution in [2.45, 2.75) is 89.0 Å². The molecule has 0 radical (unpaired) electrons. The molecule has 7 rings (SSSR count). The molecule has 3 aliphatic rings. The van der Waals surface area contributed by atoms with Crippen LogP contribution in [0.4, 0.5) is 23.7 Å². The van der Waals surface area contributed by atoms with Crippen LogP contribution in [0.1, 0.15) is 95.8 Å². The van der Waals surface area contributed by atoms with E-state index in [1.807, 2.05) is 73.8 Å². The number of nitrogens with zero attached hydrogens (tertiary/aromatic N) is 1. The maximum atomic E-state index is 14.3. The Hall–Kier alpha value is -4.25. The summed E-state index contributed by atoms with van der Waals surface area (Å²) in [5.41, 5.74) is 0.220. The SMILES string of the molecule is CC1=CCC[C@@]2(C)[C@@H](CC[C@@]2(O)CN(CCc2cccs2)C(=O)Nc2ccccc2)c2ccc(cc2C(=O)c2cccc(C(F)(F)F)c2)C[C@@H](O)CC1. The normalized spacial score (nSPS) is 23.5. The number of ketones is 1. The Balaban J connectivity index is 1.41. The van der Waals surface area contributed by atoms with Crippen LogP contribution in [0.3, 0.4) is 0 Å². The standard InChI is InChI=1S/C43H47F3N2O4S/c1-29-9-7-21-41(2)38(19-22-42(41,52)28-48(23-20-35-14-8-24-53-35)40(51)47-33-12-4-3-5-13-33)36-18-16-30(25-34(49)17-15-29)26-37(36)39(50)31-10-6-11-32(27-31)43(44,45)46/h3-6,8-14,16,18,24,26-27,34,38,49,52H,7,15,17,19-23,25,28H2,1-2H3,(H,47,51)/t34-,38-,41-,42+/m0/s1. The van der Waals surface area contributed by atoms with Crippen molar-refractivity contribution in [2.24, 2.45) is 5.41 Å². The molecule has 3 N–H and O–H groups in total. The maximum absolute atomic E-state index is 14.3. The van der Waals surface area contributed by atoms with Gasteiger partial charge in [-0.1, -0.05) is 67.1 Å². The molecule has 4 aromatic rings. The highest BCUT2D eigenvalue weighted by molar-refractivity contribution is 7.09. The van der Waals surface area contributed by atoms with Gasteiger partial charge >= 0.3 is 12.2 Å². The maximum Gasteiger partial charge on any atom is 0.416 e. The molecule has 2 bridgehead atoms. The minimum Gasteiger partial charge on any atom is -0.393 e. The Labute approximate surface area is 313 Å². The number of carbonyl (C=O) groups is 2. The number of hydrogen-bond acceptors (Lipinski definition) is 5. The predicted octanol–water partition coefficient (Wildman–Crippen LogP) is 9.81. The first-order chi connectivity index (χ1) is 25.3. The quantitative estimate of drug-likeness (QED) is 0.124. The molecule has 0 aliphatic heterocycles. The van der Waals surface area contributed by atoms with E-state index in [2.05, 4.69) is 11.4 Å². The number of thiophene rings is 1. The lowest BCUT2D eigenvalue weighted by Gasteiger charge is -2.46. The molecular formula is C43H47F3N2O4S. The fourth-order valence-corrected chi connectivity index (χ4v) is 8.88. The van der Waals surface area contributed by atoms with Gasteiger partial charge in [-0.2, -0.15) is 13.2 Å². The molecule has 0 unspecified atom stereocenters. The van der Waals surface area contributed by atoms with Crippen molar-refractivity contribution in [1.82, 2.24) is 4.90 Å². The molecule has 1 fully saturated rings. The highest BCUT2D eigenvalue weighted by atomic mass is 32.1. The van der Waals surface area contributed by atoms with Crippen LogP contribution in [-0.2, 0) is 19.0 Å². The van der Waals surface area contributed by atoms with Crippen molar-refractivity contribution in [3.8, 4) is 0 Å². The first-order valence-corrected chi connectivity index (χ1v) is 19.2. The predicted molar refractivity (Wildman–Crippen MR) is 203 cm³/mol. The molecule has 53 heavy (non-hydrogen) atoms. The number of amides is 2. The highest BCUT2D eigenvalue weighted by Crippen LogP contribution is 2.59. The second-order valence-corrected chi connectivity index (χ2v) is 15.9. The van der Waals surface area contributed by atoms with Crippen LogP contribution in [0.15, 0.2) is 102 Å². The van der Waals surface area contributed by atoms with Gasteiger partial charge in [-0.05, 0) is 117 Å². The summed E-state index contributed by atoms with van der Waals surface area (Å²) in [5, 5.41) is 28.9. The van der Waals surface area contributed by atoms with E-state index in [-0.39, 0.29) is 36.0 Å². The van der Waals surface area contributed by atoms with Crippen molar-refractivity contribution < 1.29 is 33.0 Å². The third kappa shape index (κ3) is 8.77. The second kappa shape index (κ2) is 16.0. The minimum absolute atomic E-state index is 0.0495. The zero-order valence-corrected chi connectivity index (χ0v) is 31.0. The first kappa shape index (κ1) is 38.5. The van der Waals surface area contributed by atoms with Gasteiger partial charge in [-0.25, -0.2) is 4.79 Å². The molecule has 280 valence electrons. The summed E-state index contributed by atoms with van der Waals surface area (Å²) in [4.78, 5) is 31.1. The molecular weight excluding hydrogens is 698 g/mol. The van der Waals surface area contributed by atoms with E-state index in [4.69, 9.17) is 0 Å². The van der Waals surface area contributed by atoms with Gasteiger partial charge in [0.05, 0.1) is 23.8 Å². The molecule has 2 amide bonds. The average Bonchev–Trinajstić information content (AvgIpc) is 3.74. The monoisotopic (exact) mass is 744 g/mol. The minimum atomic E-state index is -4.62. The Morgan fingerprint density at radius 1 is 0.981 bits per heavy atom. The summed E-state index contributed by atoms with van der Waals surface area (Å²) in [6, 6.07) is 22.8. The zero-order chi connectivity index (χ0) is 37.8. The smallest absolute Gasteiger partial charge is 0.393 e. The third-order valence-electron chi connectivity index (χ3n) is 11.3. The van der Waals surface area contributed by atoms with Gasteiger partial charge in [0.2, 0.25) is 0 Å². The molecule has 10 heteroatoms. The Kier molecular flexibility index (Phi) is 11.6. The van der Waals surface area contributed by atoms with Crippen molar-refractivity contribution in [3.05, 3.63) is 135 Å². The number of carbonyl (C=O) groups excluding carboxylic acids is 2. The lowest BCUT2D eigenvalue weighted by Crippen LogP contribution is -2.54. The molecule has 4 atom stereocenters. The molecule has 3 aromatic carbocycles. The largest absolute Gasteiger partial charge is 0.416 e. The van der Waals surface area contributed by atoms with Gasteiger partial charge in [0, 0.05) is 33.7 Å². The van der Waals surface area contributed by atoms with E-state index in [0.29, 0.717) is 68.3 Å². The Morgan fingerprint density at radius 2 is 1.77 bits per heavy atom. The summed E-state index contributed by atoms with van der Waals surface area (Å²) in [5.74, 6) is -0.896. The number of alkyl halides is 3. The van der Waals surface area contributed by atoms with E-state index in [1.165, 1.54) is 12.1 Å². The average molecular weight is 745 g/mol. The fourth-order valence-electron chi connectivity index (χ4n) is 8.18. The Morgan fingerprint density at radius 3 is 2.51 bits per heavy atom. The van der Waals surface area contributed by atoms with Crippen molar-refractivity contribution in [1.29, 1.82) is 0 Å². The molecule has 6 nitrogen and oxygen atoms in total. The molecule has 0 spiro atoms. The van der Waals surface area contributed by atoms with Crippen LogP contribution < -0.4 is 5.32 Å². The van der Waals surface area contributed by atoms with E-state index < -0.39 is 34.6 Å². The van der Waals surface area contributed by atoms with Crippen LogP contribution in [0.5, 0.6) is 0 Å². The van der Waals surface area contributed by atoms with Gasteiger partial charge in [0.1, 0.15) is 0 Å². The van der Waals surface area contributed by atoms with Crippen molar-refractivity contribution >= 4 is 28.8 Å². The van der Waals surface area contributed by atoms with Gasteiger partial charge in [0.25, 0.3) is 0 Å². The van der Waals surface area contributed by atoms with Crippen LogP contribution in [-0.4, -0.2) is 51.7 Å². The summed E-state index contributed by atoms with van der Waals surface area (Å²) >= 11 is 1.61. The van der Waals surface area contributed by atoms with E-state index in [0.717, 1.165) is 22.6 Å². The number of para-hydroxylation sites is 1. The van der Waals surface area contributed by atoms with Gasteiger partial charge < -0.3 is 20.4 Å². The lowest BCUT2D eigenvalue weighted by atomic mass is 9.64. The van der Waals surface area contributed by atoms with Crippen LogP contribution in [0, 0.1) is 5.41 Å². The number of benzene rings is 3. The molecule has 1 aromatic heterocycles. The van der Waals surface area contributed by atoms with Gasteiger partial charge in [-0.3, -0.25) is 4.79 Å². The van der Waals surface area contributed by atoms with Crippen LogP contribution in [0.25, 0.3) is 0 Å². The number of fused-ring (bicyclic) bond motifs is 8. The molecule has 3 aliphatic carbocycles. The van der Waals surface area contributed by atoms with Gasteiger partial charge in [0.15, 0.2) is 5.78 Å². The highest BCUT2D eigenvalue weighted by Gasteiger charge is 2.57. The fraction of sp³-hybridized carbons (Fsp3) is 0.395. The Bertz CT molecular complexity index is 1930. The van der Waals surface area contributed by atoms with Gasteiger partial charge in [-0.15, -0.1) is 11.3 Å². The van der Waals surface area contributed by atoms with Crippen molar-refractivity contribution in [2.75, 3.05) is 18.4 Å². The van der Waals surface area contributed by atoms with Crippen LogP contribution >= 0.6 is 11.3 Å². The van der Waals surface area contributed by atoms with E-state index >= 15 is 0 Å². The van der Waals surface area contributed by atoms with E-state index in [9.17, 15) is 33.0 Å². The van der Waals surface area contributed by atoms with Crippen molar-refractivity contribution in [3.63, 3.8) is 0 Å². The number of aliphatic hydroxyl groups excluding tert-OH is 1. The number of hydrogen-bond donors (Lipinski definition) is 3. The number of urea groups is 1. The molecule has 1 heterocycles.